The zero-order valence-electron chi connectivity index (χ0n) is 7.24. The van der Waals surface area contributed by atoms with E-state index >= 15 is 0 Å². The van der Waals surface area contributed by atoms with E-state index in [1.165, 1.54) is 0 Å². The van der Waals surface area contributed by atoms with Gasteiger partial charge < -0.3 is 0 Å². The Morgan fingerprint density at radius 3 is 1.82 bits per heavy atom. The third-order valence-electron chi connectivity index (χ3n) is 1.80. The summed E-state index contributed by atoms with van der Waals surface area (Å²) in [7, 11) is -3.40. The van der Waals surface area contributed by atoms with Crippen molar-refractivity contribution in [3.8, 4) is 0 Å². The summed E-state index contributed by atoms with van der Waals surface area (Å²) in [6.45, 7) is 6.82. The van der Waals surface area contributed by atoms with Gasteiger partial charge in [0.25, 0.3) is 0 Å². The van der Waals surface area contributed by atoms with E-state index in [9.17, 15) is 8.42 Å². The van der Waals surface area contributed by atoms with Crippen molar-refractivity contribution in [2.45, 2.75) is 26.1 Å². The van der Waals surface area contributed by atoms with Gasteiger partial charge in [0.1, 0.15) is 5.37 Å². The third-order valence-corrected chi connectivity index (χ3v) is 3.05. The molecule has 11 heavy (non-hydrogen) atoms. The van der Waals surface area contributed by atoms with Crippen LogP contribution in [0.3, 0.4) is 0 Å². The fraction of sp³-hybridized carbons (Fsp3) is 1.00. The van der Waals surface area contributed by atoms with Gasteiger partial charge in [-0.3, -0.25) is 4.90 Å². The number of nitrogens with two attached hydrogens (primary N) is 1. The second kappa shape index (κ2) is 4.04. The second-order valence-electron chi connectivity index (χ2n) is 2.41. The molecule has 0 aromatic carbocycles. The van der Waals surface area contributed by atoms with Gasteiger partial charge in [-0.15, -0.1) is 0 Å². The van der Waals surface area contributed by atoms with Gasteiger partial charge >= 0.3 is 0 Å². The Labute approximate surface area is 68.4 Å². The molecule has 0 saturated carbocycles. The van der Waals surface area contributed by atoms with Gasteiger partial charge in [0, 0.05) is 0 Å². The van der Waals surface area contributed by atoms with Crippen molar-refractivity contribution >= 4 is 10.0 Å². The molecule has 5 heteroatoms. The predicted octanol–water partition coefficient (Wildman–Crippen LogP) is -0.0373. The summed E-state index contributed by atoms with van der Waals surface area (Å²) in [5, 5.41) is 4.39. The molecule has 0 aliphatic rings. The zero-order chi connectivity index (χ0) is 9.07. The SMILES string of the molecule is CCN(CC)C(C)S(N)(=O)=O. The van der Waals surface area contributed by atoms with Crippen LogP contribution >= 0.6 is 0 Å². The van der Waals surface area contributed by atoms with E-state index in [1.807, 2.05) is 13.8 Å². The van der Waals surface area contributed by atoms with Gasteiger partial charge in [-0.1, -0.05) is 13.8 Å². The quantitative estimate of drug-likeness (QED) is 0.660. The summed E-state index contributed by atoms with van der Waals surface area (Å²) in [6.07, 6.45) is 0. The van der Waals surface area contributed by atoms with E-state index in [4.69, 9.17) is 5.14 Å². The molecule has 4 nitrogen and oxygen atoms in total. The maximum Gasteiger partial charge on any atom is 0.225 e. The van der Waals surface area contributed by atoms with Crippen LogP contribution in [0.15, 0.2) is 0 Å². The molecule has 0 radical (unpaired) electrons. The molecule has 0 aliphatic carbocycles. The normalized spacial score (nSPS) is 15.4. The topological polar surface area (TPSA) is 63.4 Å². The minimum absolute atomic E-state index is 0.572. The summed E-state index contributed by atoms with van der Waals surface area (Å²) >= 11 is 0. The molecule has 0 fully saturated rings. The van der Waals surface area contributed by atoms with Gasteiger partial charge in [0.2, 0.25) is 10.0 Å². The van der Waals surface area contributed by atoms with Crippen LogP contribution in [0.25, 0.3) is 0 Å². The minimum Gasteiger partial charge on any atom is -0.287 e. The van der Waals surface area contributed by atoms with Crippen LogP contribution in [0.4, 0.5) is 0 Å². The fourth-order valence-electron chi connectivity index (χ4n) is 0.946. The van der Waals surface area contributed by atoms with Crippen LogP contribution < -0.4 is 5.14 Å². The number of rotatable bonds is 4. The molecule has 1 unspecified atom stereocenters. The molecule has 0 bridgehead atoms. The number of hydrogen-bond acceptors (Lipinski definition) is 3. The first-order valence-corrected chi connectivity index (χ1v) is 5.30. The molecule has 0 rings (SSSR count). The van der Waals surface area contributed by atoms with Crippen LogP contribution in [0.1, 0.15) is 20.8 Å². The molecule has 2 N–H and O–H groups in total. The lowest BCUT2D eigenvalue weighted by atomic mass is 10.5. The van der Waals surface area contributed by atoms with E-state index in [2.05, 4.69) is 0 Å². The number of primary sulfonamides is 1. The molecule has 0 spiro atoms. The molecule has 0 aromatic rings. The zero-order valence-corrected chi connectivity index (χ0v) is 8.06. The Morgan fingerprint density at radius 2 is 1.73 bits per heavy atom. The van der Waals surface area contributed by atoms with Crippen molar-refractivity contribution in [3.63, 3.8) is 0 Å². The summed E-state index contributed by atoms with van der Waals surface area (Å²) < 4.78 is 21.7. The van der Waals surface area contributed by atoms with Crippen LogP contribution in [-0.2, 0) is 10.0 Å². The van der Waals surface area contributed by atoms with Crippen molar-refractivity contribution in [2.24, 2.45) is 5.14 Å². The molecular weight excluding hydrogens is 164 g/mol. The Bertz CT molecular complexity index is 197. The highest BCUT2D eigenvalue weighted by atomic mass is 32.2. The summed E-state index contributed by atoms with van der Waals surface area (Å²) in [6, 6.07) is 0. The molecule has 1 atom stereocenters. The Kier molecular flexibility index (Phi) is 3.99. The molecule has 0 saturated heterocycles. The first-order chi connectivity index (χ1) is 4.93. The van der Waals surface area contributed by atoms with Gasteiger partial charge in [-0.05, 0) is 20.0 Å². The van der Waals surface area contributed by atoms with Gasteiger partial charge in [-0.2, -0.15) is 0 Å². The minimum atomic E-state index is -3.40. The van der Waals surface area contributed by atoms with Crippen LogP contribution in [-0.4, -0.2) is 31.8 Å². The van der Waals surface area contributed by atoms with Crippen molar-refractivity contribution < 1.29 is 8.42 Å². The molecular formula is C6H16N2O2S. The van der Waals surface area contributed by atoms with Crippen LogP contribution in [0.5, 0.6) is 0 Å². The predicted molar refractivity (Wildman–Crippen MR) is 45.5 cm³/mol. The highest BCUT2D eigenvalue weighted by molar-refractivity contribution is 7.89. The Morgan fingerprint density at radius 1 is 1.36 bits per heavy atom. The Balaban J connectivity index is 4.33. The van der Waals surface area contributed by atoms with Crippen LogP contribution in [0, 0.1) is 0 Å². The highest BCUT2D eigenvalue weighted by Crippen LogP contribution is 2.01. The third kappa shape index (κ3) is 3.18. The van der Waals surface area contributed by atoms with E-state index in [1.54, 1.807) is 11.8 Å². The summed E-state index contributed by atoms with van der Waals surface area (Å²) in [4.78, 5) is 1.79. The van der Waals surface area contributed by atoms with E-state index < -0.39 is 15.4 Å². The van der Waals surface area contributed by atoms with Crippen molar-refractivity contribution in [1.82, 2.24) is 4.90 Å². The Hall–Kier alpha value is -0.130. The second-order valence-corrected chi connectivity index (χ2v) is 4.27. The monoisotopic (exact) mass is 180 g/mol. The molecule has 0 aliphatic heterocycles. The van der Waals surface area contributed by atoms with Gasteiger partial charge in [-0.25, -0.2) is 13.6 Å². The summed E-state index contributed by atoms with van der Waals surface area (Å²) in [5.41, 5.74) is 0. The van der Waals surface area contributed by atoms with E-state index in [0.29, 0.717) is 13.1 Å². The molecule has 68 valence electrons. The first-order valence-electron chi connectivity index (χ1n) is 3.69. The maximum absolute atomic E-state index is 10.8. The number of hydrogen-bond donors (Lipinski definition) is 1. The largest absolute Gasteiger partial charge is 0.287 e. The van der Waals surface area contributed by atoms with E-state index in [0.717, 1.165) is 0 Å². The molecule has 0 aromatic heterocycles. The van der Waals surface area contributed by atoms with Gasteiger partial charge in [0.05, 0.1) is 0 Å². The lowest BCUT2D eigenvalue weighted by Gasteiger charge is -2.23. The highest BCUT2D eigenvalue weighted by Gasteiger charge is 2.20. The average molecular weight is 180 g/mol. The lowest BCUT2D eigenvalue weighted by molar-refractivity contribution is 0.286. The van der Waals surface area contributed by atoms with Crippen molar-refractivity contribution in [3.05, 3.63) is 0 Å². The first kappa shape index (κ1) is 10.9. The standard InChI is InChI=1S/C6H16N2O2S/c1-4-8(5-2)6(3)11(7,9)10/h6H,4-5H2,1-3H3,(H2,7,9,10). The van der Waals surface area contributed by atoms with Crippen LogP contribution in [0.2, 0.25) is 0 Å². The van der Waals surface area contributed by atoms with Crippen molar-refractivity contribution in [2.75, 3.05) is 13.1 Å². The summed E-state index contributed by atoms with van der Waals surface area (Å²) in [5.74, 6) is 0. The maximum atomic E-state index is 10.8. The fourth-order valence-corrected chi connectivity index (χ4v) is 1.66. The number of nitrogens with zero attached hydrogens (tertiary/aromatic N) is 1. The average Bonchev–Trinajstić information content (AvgIpc) is 1.88. The molecule has 0 amide bonds. The smallest absolute Gasteiger partial charge is 0.225 e. The number of sulfonamides is 1. The van der Waals surface area contributed by atoms with Gasteiger partial charge in [0.15, 0.2) is 0 Å². The lowest BCUT2D eigenvalue weighted by Crippen LogP contribution is -2.42. The van der Waals surface area contributed by atoms with Crippen molar-refractivity contribution in [1.29, 1.82) is 0 Å². The molecule has 0 heterocycles. The van der Waals surface area contributed by atoms with E-state index in [-0.39, 0.29) is 0 Å².